The molecule has 1 aromatic carbocycles. The highest BCUT2D eigenvalue weighted by Gasteiger charge is 2.59. The van der Waals surface area contributed by atoms with Gasteiger partial charge in [0.05, 0.1) is 5.69 Å². The summed E-state index contributed by atoms with van der Waals surface area (Å²) in [5.74, 6) is 0.451. The van der Waals surface area contributed by atoms with Crippen molar-refractivity contribution in [2.75, 3.05) is 44.2 Å². The standard InChI is InChI=1S/C21H28FN3O2/c1-16-6-10-24(11-7-16)19(26)21(8-9-21)20(27)25-14-12-23(13-15-25)18-5-3-2-4-17(18)22/h2-5,16H,6-15H2,1H3. The summed E-state index contributed by atoms with van der Waals surface area (Å²) in [6.07, 6.45) is 3.39. The van der Waals surface area contributed by atoms with Crippen LogP contribution in [0.25, 0.3) is 0 Å². The second-order valence-corrected chi connectivity index (χ2v) is 8.29. The number of likely N-dealkylation sites (tertiary alicyclic amines) is 1. The summed E-state index contributed by atoms with van der Waals surface area (Å²) in [7, 11) is 0. The monoisotopic (exact) mass is 373 g/mol. The van der Waals surface area contributed by atoms with Crippen molar-refractivity contribution in [1.82, 2.24) is 9.80 Å². The molecule has 0 aromatic heterocycles. The first-order valence-corrected chi connectivity index (χ1v) is 10.1. The van der Waals surface area contributed by atoms with Crippen LogP contribution in [-0.4, -0.2) is 60.9 Å². The molecule has 2 saturated heterocycles. The maximum Gasteiger partial charge on any atom is 0.238 e. The zero-order valence-electron chi connectivity index (χ0n) is 16.0. The number of para-hydroxylation sites is 1. The third kappa shape index (κ3) is 3.42. The van der Waals surface area contributed by atoms with E-state index < -0.39 is 5.41 Å². The molecule has 2 heterocycles. The van der Waals surface area contributed by atoms with Gasteiger partial charge in [-0.15, -0.1) is 0 Å². The minimum Gasteiger partial charge on any atom is -0.366 e. The topological polar surface area (TPSA) is 43.9 Å². The summed E-state index contributed by atoms with van der Waals surface area (Å²) < 4.78 is 14.0. The molecular weight excluding hydrogens is 345 g/mol. The van der Waals surface area contributed by atoms with E-state index in [9.17, 15) is 14.0 Å². The molecule has 0 unspecified atom stereocenters. The first kappa shape index (κ1) is 18.3. The molecule has 146 valence electrons. The van der Waals surface area contributed by atoms with E-state index >= 15 is 0 Å². The minimum atomic E-state index is -0.805. The maximum atomic E-state index is 14.0. The Labute approximate surface area is 160 Å². The average Bonchev–Trinajstić information content (AvgIpc) is 3.50. The highest BCUT2D eigenvalue weighted by Crippen LogP contribution is 2.49. The van der Waals surface area contributed by atoms with E-state index in [1.54, 1.807) is 12.1 Å². The van der Waals surface area contributed by atoms with E-state index in [-0.39, 0.29) is 17.6 Å². The van der Waals surface area contributed by atoms with Crippen LogP contribution in [0.5, 0.6) is 0 Å². The molecule has 3 fully saturated rings. The molecule has 2 amide bonds. The van der Waals surface area contributed by atoms with Crippen molar-refractivity contribution in [1.29, 1.82) is 0 Å². The van der Waals surface area contributed by atoms with Gasteiger partial charge in [-0.05, 0) is 43.7 Å². The van der Waals surface area contributed by atoms with Gasteiger partial charge in [0, 0.05) is 39.3 Å². The lowest BCUT2D eigenvalue weighted by atomic mass is 9.96. The summed E-state index contributed by atoms with van der Waals surface area (Å²) >= 11 is 0. The number of hydrogen-bond donors (Lipinski definition) is 0. The number of rotatable bonds is 3. The second kappa shape index (κ2) is 7.13. The Hall–Kier alpha value is -2.11. The van der Waals surface area contributed by atoms with Crippen LogP contribution in [-0.2, 0) is 9.59 Å². The highest BCUT2D eigenvalue weighted by atomic mass is 19.1. The Morgan fingerprint density at radius 2 is 1.48 bits per heavy atom. The Morgan fingerprint density at radius 3 is 2.04 bits per heavy atom. The third-order valence-electron chi connectivity index (χ3n) is 6.40. The zero-order valence-corrected chi connectivity index (χ0v) is 16.0. The van der Waals surface area contributed by atoms with Crippen molar-refractivity contribution in [2.24, 2.45) is 11.3 Å². The molecular formula is C21H28FN3O2. The van der Waals surface area contributed by atoms with Crippen molar-refractivity contribution in [3.05, 3.63) is 30.1 Å². The van der Waals surface area contributed by atoms with Crippen LogP contribution in [0.1, 0.15) is 32.6 Å². The number of amides is 2. The lowest BCUT2D eigenvalue weighted by Crippen LogP contribution is -2.54. The van der Waals surface area contributed by atoms with Crippen LogP contribution in [0.2, 0.25) is 0 Å². The van der Waals surface area contributed by atoms with Gasteiger partial charge in [0.2, 0.25) is 11.8 Å². The van der Waals surface area contributed by atoms with Crippen molar-refractivity contribution in [3.8, 4) is 0 Å². The van der Waals surface area contributed by atoms with Crippen LogP contribution >= 0.6 is 0 Å². The number of anilines is 1. The fraction of sp³-hybridized carbons (Fsp3) is 0.619. The van der Waals surface area contributed by atoms with E-state index in [4.69, 9.17) is 0 Å². The van der Waals surface area contributed by atoms with Gasteiger partial charge in [0.15, 0.2) is 0 Å². The number of piperidine rings is 1. The first-order chi connectivity index (χ1) is 13.0. The number of nitrogens with zero attached hydrogens (tertiary/aromatic N) is 3. The minimum absolute atomic E-state index is 0.0145. The van der Waals surface area contributed by atoms with E-state index in [0.29, 0.717) is 50.6 Å². The van der Waals surface area contributed by atoms with Crippen LogP contribution in [0, 0.1) is 17.2 Å². The Balaban J connectivity index is 1.38. The number of piperazine rings is 1. The number of benzene rings is 1. The van der Waals surface area contributed by atoms with Crippen molar-refractivity contribution in [2.45, 2.75) is 32.6 Å². The van der Waals surface area contributed by atoms with Crippen LogP contribution in [0.3, 0.4) is 0 Å². The number of halogens is 1. The van der Waals surface area contributed by atoms with E-state index in [1.807, 2.05) is 20.8 Å². The summed E-state index contributed by atoms with van der Waals surface area (Å²) in [5, 5.41) is 0. The SMILES string of the molecule is CC1CCN(C(=O)C2(C(=O)N3CCN(c4ccccc4F)CC3)CC2)CC1. The molecule has 1 aromatic rings. The van der Waals surface area contributed by atoms with Gasteiger partial charge < -0.3 is 14.7 Å². The number of hydrogen-bond acceptors (Lipinski definition) is 3. The van der Waals surface area contributed by atoms with Gasteiger partial charge in [0.25, 0.3) is 0 Å². The van der Waals surface area contributed by atoms with E-state index in [0.717, 1.165) is 25.9 Å². The van der Waals surface area contributed by atoms with Crippen molar-refractivity contribution in [3.63, 3.8) is 0 Å². The molecule has 5 nitrogen and oxygen atoms in total. The summed E-state index contributed by atoms with van der Waals surface area (Å²) in [6.45, 7) is 6.04. The number of carbonyl (C=O) groups excluding carboxylic acids is 2. The predicted molar refractivity (Wildman–Crippen MR) is 102 cm³/mol. The van der Waals surface area contributed by atoms with Gasteiger partial charge in [-0.1, -0.05) is 19.1 Å². The normalized spacial score (nSPS) is 22.7. The molecule has 4 rings (SSSR count). The fourth-order valence-corrected chi connectivity index (χ4v) is 4.32. The quantitative estimate of drug-likeness (QED) is 0.765. The van der Waals surface area contributed by atoms with Crippen molar-refractivity contribution < 1.29 is 14.0 Å². The third-order valence-corrected chi connectivity index (χ3v) is 6.40. The van der Waals surface area contributed by atoms with Crippen LogP contribution in [0.4, 0.5) is 10.1 Å². The molecule has 1 saturated carbocycles. The number of carbonyl (C=O) groups is 2. The van der Waals surface area contributed by atoms with Gasteiger partial charge in [-0.2, -0.15) is 0 Å². The smallest absolute Gasteiger partial charge is 0.238 e. The Bertz CT molecular complexity index is 718. The predicted octanol–water partition coefficient (Wildman–Crippen LogP) is 2.51. The average molecular weight is 373 g/mol. The van der Waals surface area contributed by atoms with Gasteiger partial charge in [-0.3, -0.25) is 9.59 Å². The lowest BCUT2D eigenvalue weighted by Gasteiger charge is -2.39. The van der Waals surface area contributed by atoms with E-state index in [2.05, 4.69) is 6.92 Å². The zero-order chi connectivity index (χ0) is 19.0. The molecule has 3 aliphatic rings. The Kier molecular flexibility index (Phi) is 4.82. The molecule has 2 aliphatic heterocycles. The largest absolute Gasteiger partial charge is 0.366 e. The molecule has 0 bridgehead atoms. The molecule has 0 spiro atoms. The molecule has 0 atom stereocenters. The summed E-state index contributed by atoms with van der Waals surface area (Å²) in [5.41, 5.74) is -0.218. The van der Waals surface area contributed by atoms with Gasteiger partial charge in [0.1, 0.15) is 11.2 Å². The molecule has 0 N–H and O–H groups in total. The molecule has 0 radical (unpaired) electrons. The van der Waals surface area contributed by atoms with Crippen LogP contribution in [0.15, 0.2) is 24.3 Å². The lowest BCUT2D eigenvalue weighted by molar-refractivity contribution is -0.150. The summed E-state index contributed by atoms with van der Waals surface area (Å²) in [4.78, 5) is 31.8. The molecule has 1 aliphatic carbocycles. The maximum absolute atomic E-state index is 14.0. The highest BCUT2D eigenvalue weighted by molar-refractivity contribution is 6.08. The molecule has 6 heteroatoms. The van der Waals surface area contributed by atoms with Crippen molar-refractivity contribution >= 4 is 17.5 Å². The fourth-order valence-electron chi connectivity index (χ4n) is 4.32. The second-order valence-electron chi connectivity index (χ2n) is 8.29. The first-order valence-electron chi connectivity index (χ1n) is 10.1. The molecule has 27 heavy (non-hydrogen) atoms. The van der Waals surface area contributed by atoms with Gasteiger partial charge >= 0.3 is 0 Å². The van der Waals surface area contributed by atoms with E-state index in [1.165, 1.54) is 6.07 Å². The van der Waals surface area contributed by atoms with Gasteiger partial charge in [-0.25, -0.2) is 4.39 Å². The summed E-state index contributed by atoms with van der Waals surface area (Å²) in [6, 6.07) is 6.75. The van der Waals surface area contributed by atoms with Crippen LogP contribution < -0.4 is 4.90 Å². The Morgan fingerprint density at radius 1 is 0.926 bits per heavy atom.